The number of hydrogen-bond acceptors (Lipinski definition) is 3. The monoisotopic (exact) mass is 461 g/mol. The molecule has 6 rings (SSSR count). The second-order valence-electron chi connectivity index (χ2n) is 8.60. The molecule has 0 saturated heterocycles. The minimum atomic E-state index is 0.708. The summed E-state index contributed by atoms with van der Waals surface area (Å²) >= 11 is 0. The molecule has 36 heavy (non-hydrogen) atoms. The molecule has 0 saturated carbocycles. The summed E-state index contributed by atoms with van der Waals surface area (Å²) in [6.45, 7) is 0. The quantitative estimate of drug-likeness (QED) is 0.260. The van der Waals surface area contributed by atoms with Gasteiger partial charge in [-0.15, -0.1) is 0 Å². The van der Waals surface area contributed by atoms with Crippen LogP contribution < -0.4 is 0 Å². The minimum absolute atomic E-state index is 0.708. The number of pyridine rings is 1. The van der Waals surface area contributed by atoms with Crippen molar-refractivity contribution in [1.82, 2.24) is 15.0 Å². The highest BCUT2D eigenvalue weighted by molar-refractivity contribution is 5.77. The van der Waals surface area contributed by atoms with Gasteiger partial charge in [-0.3, -0.25) is 4.98 Å². The van der Waals surface area contributed by atoms with E-state index in [1.165, 1.54) is 5.56 Å². The first-order valence-corrected chi connectivity index (χ1v) is 11.9. The maximum atomic E-state index is 4.99. The van der Waals surface area contributed by atoms with E-state index in [1.807, 2.05) is 36.5 Å². The second-order valence-corrected chi connectivity index (χ2v) is 8.60. The van der Waals surface area contributed by atoms with E-state index in [0.717, 1.165) is 44.8 Å². The van der Waals surface area contributed by atoms with Gasteiger partial charge in [0, 0.05) is 34.6 Å². The Balaban J connectivity index is 1.50. The molecule has 0 atom stereocenters. The molecule has 0 spiro atoms. The molecule has 0 radical (unpaired) electrons. The molecule has 0 aliphatic rings. The van der Waals surface area contributed by atoms with Crippen LogP contribution in [0, 0.1) is 0 Å². The summed E-state index contributed by atoms with van der Waals surface area (Å²) in [7, 11) is 0. The molecule has 0 bridgehead atoms. The molecule has 6 aromatic rings. The van der Waals surface area contributed by atoms with Gasteiger partial charge in [0.25, 0.3) is 0 Å². The zero-order chi connectivity index (χ0) is 24.2. The Morgan fingerprint density at radius 1 is 0.361 bits per heavy atom. The summed E-state index contributed by atoms with van der Waals surface area (Å²) in [6, 6.07) is 43.6. The first-order valence-electron chi connectivity index (χ1n) is 11.9. The number of benzene rings is 4. The number of nitrogens with zero attached hydrogens (tertiary/aromatic N) is 3. The third-order valence-electron chi connectivity index (χ3n) is 6.18. The van der Waals surface area contributed by atoms with Gasteiger partial charge in [-0.2, -0.15) is 0 Å². The molecule has 2 heterocycles. The van der Waals surface area contributed by atoms with Crippen LogP contribution in [0.2, 0.25) is 0 Å². The van der Waals surface area contributed by atoms with Gasteiger partial charge in [-0.25, -0.2) is 9.97 Å². The van der Waals surface area contributed by atoms with Gasteiger partial charge < -0.3 is 0 Å². The zero-order valence-electron chi connectivity index (χ0n) is 19.6. The average molecular weight is 462 g/mol. The van der Waals surface area contributed by atoms with Crippen molar-refractivity contribution in [3.63, 3.8) is 0 Å². The molecular formula is C33H23N3. The SMILES string of the molecule is c1ccc(-c2cccc(-c3cc(-c4cccc(-c5cccnc5)c4)nc(-c4ccccc4)n3)c2)cc1. The first kappa shape index (κ1) is 21.6. The van der Waals surface area contributed by atoms with Crippen LogP contribution in [0.3, 0.4) is 0 Å². The van der Waals surface area contributed by atoms with Crippen molar-refractivity contribution in [3.8, 4) is 56.2 Å². The molecule has 0 unspecified atom stereocenters. The van der Waals surface area contributed by atoms with Crippen molar-refractivity contribution in [2.45, 2.75) is 0 Å². The van der Waals surface area contributed by atoms with Gasteiger partial charge in [0.1, 0.15) is 0 Å². The van der Waals surface area contributed by atoms with E-state index in [0.29, 0.717) is 5.82 Å². The number of rotatable bonds is 5. The molecule has 2 aromatic heterocycles. The van der Waals surface area contributed by atoms with E-state index < -0.39 is 0 Å². The van der Waals surface area contributed by atoms with Crippen LogP contribution in [0.4, 0.5) is 0 Å². The Morgan fingerprint density at radius 3 is 1.44 bits per heavy atom. The molecule has 0 aliphatic carbocycles. The summed E-state index contributed by atoms with van der Waals surface area (Å²) in [5.74, 6) is 0.708. The molecule has 0 aliphatic heterocycles. The van der Waals surface area contributed by atoms with Gasteiger partial charge in [-0.1, -0.05) is 103 Å². The Kier molecular flexibility index (Phi) is 5.87. The standard InChI is InChI=1S/C33H23N3/c1-3-10-24(11-4-1)26-14-7-16-28(20-26)31-22-32(36-33(35-31)25-12-5-2-6-13-25)29-17-8-15-27(21-29)30-18-9-19-34-23-30/h1-23H. The van der Waals surface area contributed by atoms with Crippen molar-refractivity contribution in [1.29, 1.82) is 0 Å². The van der Waals surface area contributed by atoms with Crippen molar-refractivity contribution < 1.29 is 0 Å². The van der Waals surface area contributed by atoms with Crippen LogP contribution in [0.5, 0.6) is 0 Å². The minimum Gasteiger partial charge on any atom is -0.264 e. The van der Waals surface area contributed by atoms with Crippen molar-refractivity contribution in [2.75, 3.05) is 0 Å². The lowest BCUT2D eigenvalue weighted by atomic mass is 9.99. The molecular weight excluding hydrogens is 438 g/mol. The van der Waals surface area contributed by atoms with Crippen molar-refractivity contribution in [3.05, 3.63) is 140 Å². The lowest BCUT2D eigenvalue weighted by Crippen LogP contribution is -1.96. The highest BCUT2D eigenvalue weighted by Crippen LogP contribution is 2.31. The second kappa shape index (κ2) is 9.77. The van der Waals surface area contributed by atoms with Gasteiger partial charge in [0.2, 0.25) is 0 Å². The summed E-state index contributed by atoms with van der Waals surface area (Å²) < 4.78 is 0. The molecule has 170 valence electrons. The van der Waals surface area contributed by atoms with Crippen LogP contribution in [-0.2, 0) is 0 Å². The maximum absolute atomic E-state index is 4.99. The third-order valence-corrected chi connectivity index (χ3v) is 6.18. The van der Waals surface area contributed by atoms with Crippen LogP contribution in [-0.4, -0.2) is 15.0 Å². The molecule has 3 heteroatoms. The van der Waals surface area contributed by atoms with Gasteiger partial charge >= 0.3 is 0 Å². The van der Waals surface area contributed by atoms with Gasteiger partial charge in [0.05, 0.1) is 11.4 Å². The fourth-order valence-electron chi connectivity index (χ4n) is 4.34. The van der Waals surface area contributed by atoms with E-state index in [4.69, 9.17) is 9.97 Å². The maximum Gasteiger partial charge on any atom is 0.160 e. The smallest absolute Gasteiger partial charge is 0.160 e. The van der Waals surface area contributed by atoms with Crippen LogP contribution in [0.25, 0.3) is 56.2 Å². The van der Waals surface area contributed by atoms with E-state index in [-0.39, 0.29) is 0 Å². The summed E-state index contributed by atoms with van der Waals surface area (Å²) in [6.07, 6.45) is 3.68. The topological polar surface area (TPSA) is 38.7 Å². The molecule has 4 aromatic carbocycles. The molecule has 3 nitrogen and oxygen atoms in total. The lowest BCUT2D eigenvalue weighted by molar-refractivity contribution is 1.18. The zero-order valence-corrected chi connectivity index (χ0v) is 19.6. The third kappa shape index (κ3) is 4.55. The lowest BCUT2D eigenvalue weighted by Gasteiger charge is -2.11. The van der Waals surface area contributed by atoms with E-state index >= 15 is 0 Å². The predicted molar refractivity (Wildman–Crippen MR) is 147 cm³/mol. The molecule has 0 amide bonds. The first-order chi connectivity index (χ1) is 17.8. The van der Waals surface area contributed by atoms with Crippen molar-refractivity contribution in [2.24, 2.45) is 0 Å². The highest BCUT2D eigenvalue weighted by Gasteiger charge is 2.12. The fourth-order valence-corrected chi connectivity index (χ4v) is 4.34. The fraction of sp³-hybridized carbons (Fsp3) is 0. The number of aromatic nitrogens is 3. The Labute approximate surface area is 210 Å². The van der Waals surface area contributed by atoms with E-state index in [2.05, 4.69) is 102 Å². The Bertz CT molecular complexity index is 1510. The number of hydrogen-bond donors (Lipinski definition) is 0. The molecule has 0 fully saturated rings. The summed E-state index contributed by atoms with van der Waals surface area (Å²) in [5.41, 5.74) is 9.38. The largest absolute Gasteiger partial charge is 0.264 e. The van der Waals surface area contributed by atoms with Crippen LogP contribution in [0.15, 0.2) is 140 Å². The summed E-state index contributed by atoms with van der Waals surface area (Å²) in [5, 5.41) is 0. The summed E-state index contributed by atoms with van der Waals surface area (Å²) in [4.78, 5) is 14.3. The van der Waals surface area contributed by atoms with Gasteiger partial charge in [0.15, 0.2) is 5.82 Å². The predicted octanol–water partition coefficient (Wildman–Crippen LogP) is 8.21. The highest BCUT2D eigenvalue weighted by atomic mass is 14.9. The molecule has 0 N–H and O–H groups in total. The normalized spacial score (nSPS) is 10.8. The van der Waals surface area contributed by atoms with Gasteiger partial charge in [-0.05, 0) is 41.0 Å². The Hall–Kier alpha value is -4.89. The van der Waals surface area contributed by atoms with Crippen LogP contribution >= 0.6 is 0 Å². The van der Waals surface area contributed by atoms with Crippen molar-refractivity contribution >= 4 is 0 Å². The van der Waals surface area contributed by atoms with E-state index in [1.54, 1.807) is 6.20 Å². The average Bonchev–Trinajstić information content (AvgIpc) is 2.98. The Morgan fingerprint density at radius 2 is 0.861 bits per heavy atom. The van der Waals surface area contributed by atoms with Crippen LogP contribution in [0.1, 0.15) is 0 Å². The van der Waals surface area contributed by atoms with E-state index in [9.17, 15) is 0 Å².